The molecular formula is C19H23N3O. The number of hydrogen-bond donors (Lipinski definition) is 1. The van der Waals surface area contributed by atoms with Gasteiger partial charge in [0.05, 0.1) is 6.04 Å². The lowest BCUT2D eigenvalue weighted by atomic mass is 10.2. The van der Waals surface area contributed by atoms with Gasteiger partial charge in [-0.15, -0.1) is 0 Å². The van der Waals surface area contributed by atoms with Crippen LogP contribution in [-0.2, 0) is 13.0 Å². The molecule has 0 fully saturated rings. The van der Waals surface area contributed by atoms with Crippen LogP contribution in [-0.4, -0.2) is 16.1 Å². The van der Waals surface area contributed by atoms with Gasteiger partial charge in [0.1, 0.15) is 17.3 Å². The predicted octanol–water partition coefficient (Wildman–Crippen LogP) is 3.73. The van der Waals surface area contributed by atoms with Gasteiger partial charge in [-0.3, -0.25) is 0 Å². The van der Waals surface area contributed by atoms with E-state index in [0.29, 0.717) is 0 Å². The SMILES string of the molecule is Cc1ccc([C@H](C)NCCc2nccn2Cc2ccccc2)o1. The van der Waals surface area contributed by atoms with Crippen molar-refractivity contribution in [2.45, 2.75) is 32.9 Å². The standard InChI is InChI=1S/C19H23N3O/c1-15-8-9-18(23-15)16(2)20-11-10-19-21-12-13-22(19)14-17-6-4-3-5-7-17/h3-9,12-13,16,20H,10-11,14H2,1-2H3/t16-/m0/s1. The third kappa shape index (κ3) is 4.11. The van der Waals surface area contributed by atoms with E-state index in [-0.39, 0.29) is 6.04 Å². The molecule has 0 bridgehead atoms. The zero-order valence-corrected chi connectivity index (χ0v) is 13.7. The maximum atomic E-state index is 5.65. The summed E-state index contributed by atoms with van der Waals surface area (Å²) in [7, 11) is 0. The van der Waals surface area contributed by atoms with Crippen molar-refractivity contribution >= 4 is 0 Å². The predicted molar refractivity (Wildman–Crippen MR) is 91.3 cm³/mol. The van der Waals surface area contributed by atoms with Gasteiger partial charge in [-0.05, 0) is 31.5 Å². The number of nitrogens with zero attached hydrogens (tertiary/aromatic N) is 2. The molecule has 0 amide bonds. The van der Waals surface area contributed by atoms with Gasteiger partial charge in [0.25, 0.3) is 0 Å². The zero-order valence-electron chi connectivity index (χ0n) is 13.7. The summed E-state index contributed by atoms with van der Waals surface area (Å²) in [6.07, 6.45) is 4.81. The molecule has 0 unspecified atom stereocenters. The fourth-order valence-electron chi connectivity index (χ4n) is 2.68. The Kier molecular flexibility index (Phi) is 4.93. The fourth-order valence-corrected chi connectivity index (χ4v) is 2.68. The molecule has 23 heavy (non-hydrogen) atoms. The topological polar surface area (TPSA) is 43.0 Å². The van der Waals surface area contributed by atoms with Gasteiger partial charge in [-0.25, -0.2) is 4.98 Å². The lowest BCUT2D eigenvalue weighted by Crippen LogP contribution is -2.22. The fraction of sp³-hybridized carbons (Fsp3) is 0.316. The van der Waals surface area contributed by atoms with Gasteiger partial charge in [0, 0.05) is 31.9 Å². The van der Waals surface area contributed by atoms with Gasteiger partial charge in [-0.2, -0.15) is 0 Å². The van der Waals surface area contributed by atoms with Crippen LogP contribution in [0.2, 0.25) is 0 Å². The van der Waals surface area contributed by atoms with E-state index >= 15 is 0 Å². The van der Waals surface area contributed by atoms with Crippen LogP contribution in [0.1, 0.15) is 35.9 Å². The highest BCUT2D eigenvalue weighted by atomic mass is 16.3. The molecule has 0 aliphatic heterocycles. The molecule has 3 aromatic rings. The second-order valence-corrected chi connectivity index (χ2v) is 5.83. The first kappa shape index (κ1) is 15.6. The highest BCUT2D eigenvalue weighted by molar-refractivity contribution is 5.16. The molecule has 4 nitrogen and oxygen atoms in total. The normalized spacial score (nSPS) is 12.4. The van der Waals surface area contributed by atoms with Crippen molar-refractivity contribution in [3.8, 4) is 0 Å². The first-order valence-corrected chi connectivity index (χ1v) is 8.06. The summed E-state index contributed by atoms with van der Waals surface area (Å²) in [5.41, 5.74) is 1.29. The Bertz CT molecular complexity index is 730. The van der Waals surface area contributed by atoms with Crippen molar-refractivity contribution in [2.75, 3.05) is 6.54 Å². The van der Waals surface area contributed by atoms with Crippen LogP contribution in [0.15, 0.2) is 59.3 Å². The van der Waals surface area contributed by atoms with Crippen LogP contribution in [0.25, 0.3) is 0 Å². The summed E-state index contributed by atoms with van der Waals surface area (Å²) in [4.78, 5) is 4.49. The first-order chi connectivity index (χ1) is 11.2. The number of benzene rings is 1. The van der Waals surface area contributed by atoms with Crippen LogP contribution < -0.4 is 5.32 Å². The van der Waals surface area contributed by atoms with E-state index < -0.39 is 0 Å². The van der Waals surface area contributed by atoms with Crippen LogP contribution >= 0.6 is 0 Å². The number of rotatable bonds is 7. The van der Waals surface area contributed by atoms with Crippen molar-refractivity contribution in [1.29, 1.82) is 0 Å². The minimum Gasteiger partial charge on any atom is -0.465 e. The van der Waals surface area contributed by atoms with Gasteiger partial charge < -0.3 is 14.3 Å². The van der Waals surface area contributed by atoms with Crippen molar-refractivity contribution in [3.63, 3.8) is 0 Å². The summed E-state index contributed by atoms with van der Waals surface area (Å²) in [5.74, 6) is 3.03. The van der Waals surface area contributed by atoms with Gasteiger partial charge in [0.15, 0.2) is 0 Å². The number of aryl methyl sites for hydroxylation is 1. The van der Waals surface area contributed by atoms with Gasteiger partial charge in [0.2, 0.25) is 0 Å². The maximum absolute atomic E-state index is 5.65. The molecule has 120 valence electrons. The number of furan rings is 1. The highest BCUT2D eigenvalue weighted by Crippen LogP contribution is 2.15. The lowest BCUT2D eigenvalue weighted by Gasteiger charge is -2.12. The largest absolute Gasteiger partial charge is 0.465 e. The average Bonchev–Trinajstić information content (AvgIpc) is 3.18. The summed E-state index contributed by atoms with van der Waals surface area (Å²) < 4.78 is 7.86. The number of aromatic nitrogens is 2. The van der Waals surface area contributed by atoms with Crippen LogP contribution in [0.3, 0.4) is 0 Å². The molecule has 4 heteroatoms. The second-order valence-electron chi connectivity index (χ2n) is 5.83. The molecule has 0 aliphatic carbocycles. The third-order valence-corrected chi connectivity index (χ3v) is 3.98. The Balaban J connectivity index is 1.54. The highest BCUT2D eigenvalue weighted by Gasteiger charge is 2.09. The molecule has 0 saturated heterocycles. The molecule has 3 rings (SSSR count). The first-order valence-electron chi connectivity index (χ1n) is 8.06. The molecular weight excluding hydrogens is 286 g/mol. The summed E-state index contributed by atoms with van der Waals surface area (Å²) in [6.45, 7) is 5.82. The Morgan fingerprint density at radius 2 is 2.00 bits per heavy atom. The Morgan fingerprint density at radius 3 is 2.74 bits per heavy atom. The van der Waals surface area contributed by atoms with Crippen LogP contribution in [0, 0.1) is 6.92 Å². The summed E-state index contributed by atoms with van der Waals surface area (Å²) in [6, 6.07) is 14.7. The second kappa shape index (κ2) is 7.29. The van der Waals surface area contributed by atoms with Crippen molar-refractivity contribution in [2.24, 2.45) is 0 Å². The Labute approximate surface area is 137 Å². The van der Waals surface area contributed by atoms with E-state index in [1.807, 2.05) is 37.5 Å². The molecule has 0 aliphatic rings. The lowest BCUT2D eigenvalue weighted by molar-refractivity contribution is 0.416. The molecule has 1 atom stereocenters. The van der Waals surface area contributed by atoms with E-state index in [1.54, 1.807) is 0 Å². The molecule has 1 aromatic carbocycles. The van der Waals surface area contributed by atoms with Crippen molar-refractivity contribution < 1.29 is 4.42 Å². The Hall–Kier alpha value is -2.33. The molecule has 0 spiro atoms. The zero-order chi connectivity index (χ0) is 16.1. The van der Waals surface area contributed by atoms with Crippen molar-refractivity contribution in [3.05, 3.63) is 77.8 Å². The van der Waals surface area contributed by atoms with Gasteiger partial charge >= 0.3 is 0 Å². The van der Waals surface area contributed by atoms with E-state index in [4.69, 9.17) is 4.42 Å². The Morgan fingerprint density at radius 1 is 1.17 bits per heavy atom. The minimum absolute atomic E-state index is 0.209. The third-order valence-electron chi connectivity index (χ3n) is 3.98. The van der Waals surface area contributed by atoms with Crippen LogP contribution in [0.5, 0.6) is 0 Å². The van der Waals surface area contributed by atoms with E-state index in [1.165, 1.54) is 5.56 Å². The summed E-state index contributed by atoms with van der Waals surface area (Å²) >= 11 is 0. The monoisotopic (exact) mass is 309 g/mol. The molecule has 1 N–H and O–H groups in total. The number of hydrogen-bond acceptors (Lipinski definition) is 3. The maximum Gasteiger partial charge on any atom is 0.120 e. The summed E-state index contributed by atoms with van der Waals surface area (Å²) in [5, 5.41) is 3.49. The van der Waals surface area contributed by atoms with E-state index in [9.17, 15) is 0 Å². The number of imidazole rings is 1. The smallest absolute Gasteiger partial charge is 0.120 e. The minimum atomic E-state index is 0.209. The number of nitrogens with one attached hydrogen (secondary N) is 1. The average molecular weight is 309 g/mol. The molecule has 2 aromatic heterocycles. The molecule has 0 saturated carbocycles. The van der Waals surface area contributed by atoms with E-state index in [2.05, 4.69) is 46.1 Å². The van der Waals surface area contributed by atoms with Crippen LogP contribution in [0.4, 0.5) is 0 Å². The molecule has 2 heterocycles. The van der Waals surface area contributed by atoms with E-state index in [0.717, 1.165) is 36.9 Å². The quantitative estimate of drug-likeness (QED) is 0.723. The van der Waals surface area contributed by atoms with Gasteiger partial charge in [-0.1, -0.05) is 30.3 Å². The molecule has 0 radical (unpaired) electrons. The van der Waals surface area contributed by atoms with Crippen molar-refractivity contribution in [1.82, 2.24) is 14.9 Å².